The molecule has 0 aliphatic carbocycles. The van der Waals surface area contributed by atoms with Crippen LogP contribution in [0.15, 0.2) is 16.6 Å². The minimum absolute atomic E-state index is 0.224. The molecular weight excluding hydrogens is 326 g/mol. The van der Waals surface area contributed by atoms with Crippen molar-refractivity contribution < 1.29 is 19.0 Å². The zero-order valence-electron chi connectivity index (χ0n) is 11.9. The Hall–Kier alpha value is -1.27. The second kappa shape index (κ2) is 8.11. The third-order valence-electron chi connectivity index (χ3n) is 3.03. The quantitative estimate of drug-likeness (QED) is 0.769. The van der Waals surface area contributed by atoms with Crippen LogP contribution in [0.5, 0.6) is 11.5 Å². The van der Waals surface area contributed by atoms with Gasteiger partial charge in [0.15, 0.2) is 0 Å². The normalized spacial score (nSPS) is 11.8. The van der Waals surface area contributed by atoms with Gasteiger partial charge in [-0.3, -0.25) is 4.79 Å². The van der Waals surface area contributed by atoms with Crippen LogP contribution in [0.3, 0.4) is 0 Å². The lowest BCUT2D eigenvalue weighted by Gasteiger charge is -2.17. The molecule has 0 heterocycles. The summed E-state index contributed by atoms with van der Waals surface area (Å²) in [5, 5.41) is 0. The highest BCUT2D eigenvalue weighted by Crippen LogP contribution is 2.36. The fourth-order valence-electron chi connectivity index (χ4n) is 1.90. The molecule has 1 rings (SSSR count). The van der Waals surface area contributed by atoms with Crippen molar-refractivity contribution in [1.82, 2.24) is 0 Å². The first kappa shape index (κ1) is 16.8. The number of carbonyl (C=O) groups excluding carboxylic acids is 1. The van der Waals surface area contributed by atoms with Crippen molar-refractivity contribution in [2.75, 3.05) is 21.3 Å². The van der Waals surface area contributed by atoms with E-state index in [9.17, 15) is 4.79 Å². The Kier molecular flexibility index (Phi) is 6.81. The van der Waals surface area contributed by atoms with E-state index in [0.717, 1.165) is 10.0 Å². The van der Waals surface area contributed by atoms with Gasteiger partial charge in [0.05, 0.1) is 25.8 Å². The van der Waals surface area contributed by atoms with Crippen LogP contribution in [-0.4, -0.2) is 27.3 Å². The number of hydrogen-bond donors (Lipinski definition) is 1. The summed E-state index contributed by atoms with van der Waals surface area (Å²) in [4.78, 5) is 11.1. The second-order valence-electron chi connectivity index (χ2n) is 4.30. The van der Waals surface area contributed by atoms with Crippen LogP contribution in [0.2, 0.25) is 0 Å². The van der Waals surface area contributed by atoms with Crippen molar-refractivity contribution in [3.63, 3.8) is 0 Å². The zero-order chi connectivity index (χ0) is 15.1. The predicted octanol–water partition coefficient (Wildman–Crippen LogP) is 2.81. The van der Waals surface area contributed by atoms with Gasteiger partial charge in [-0.25, -0.2) is 0 Å². The number of nitrogens with two attached hydrogens (primary N) is 1. The van der Waals surface area contributed by atoms with Gasteiger partial charge in [-0.2, -0.15) is 0 Å². The molecule has 1 aromatic rings. The van der Waals surface area contributed by atoms with E-state index in [1.165, 1.54) is 7.11 Å². The summed E-state index contributed by atoms with van der Waals surface area (Å²) in [5.74, 6) is 1.17. The van der Waals surface area contributed by atoms with Crippen LogP contribution < -0.4 is 15.2 Å². The van der Waals surface area contributed by atoms with Gasteiger partial charge in [0.2, 0.25) is 0 Å². The molecule has 2 N–H and O–H groups in total. The van der Waals surface area contributed by atoms with E-state index in [0.29, 0.717) is 30.8 Å². The van der Waals surface area contributed by atoms with Crippen LogP contribution in [-0.2, 0) is 9.53 Å². The molecule has 0 amide bonds. The fourth-order valence-corrected chi connectivity index (χ4v) is 2.38. The summed E-state index contributed by atoms with van der Waals surface area (Å²) in [5.41, 5.74) is 7.03. The average Bonchev–Trinajstić information content (AvgIpc) is 2.46. The van der Waals surface area contributed by atoms with E-state index in [2.05, 4.69) is 20.7 Å². The van der Waals surface area contributed by atoms with E-state index in [1.807, 2.05) is 12.1 Å². The minimum Gasteiger partial charge on any atom is -0.496 e. The van der Waals surface area contributed by atoms with E-state index in [-0.39, 0.29) is 12.0 Å². The second-order valence-corrected chi connectivity index (χ2v) is 5.16. The first-order valence-electron chi connectivity index (χ1n) is 6.27. The molecule has 0 aromatic heterocycles. The standard InChI is InChI=1S/C14H20BrNO4/c1-18-12-8-10(15)13(19-2)7-9(12)11(16)5-4-6-14(17)20-3/h7-8,11H,4-6,16H2,1-3H3. The topological polar surface area (TPSA) is 70.8 Å². The van der Waals surface area contributed by atoms with Crippen LogP contribution in [0.25, 0.3) is 0 Å². The van der Waals surface area contributed by atoms with Crippen LogP contribution in [0.1, 0.15) is 30.9 Å². The number of rotatable bonds is 7. The maximum atomic E-state index is 11.1. The molecule has 20 heavy (non-hydrogen) atoms. The Balaban J connectivity index is 2.80. The van der Waals surface area contributed by atoms with Crippen molar-refractivity contribution in [3.05, 3.63) is 22.2 Å². The molecular formula is C14H20BrNO4. The fraction of sp³-hybridized carbons (Fsp3) is 0.500. The lowest BCUT2D eigenvalue weighted by Crippen LogP contribution is -2.13. The van der Waals surface area contributed by atoms with Crippen molar-refractivity contribution in [2.24, 2.45) is 5.73 Å². The highest BCUT2D eigenvalue weighted by molar-refractivity contribution is 9.10. The summed E-state index contributed by atoms with van der Waals surface area (Å²) in [6, 6.07) is 3.46. The maximum Gasteiger partial charge on any atom is 0.305 e. The van der Waals surface area contributed by atoms with Crippen molar-refractivity contribution in [3.8, 4) is 11.5 Å². The number of esters is 1. The molecule has 0 bridgehead atoms. The first-order valence-corrected chi connectivity index (χ1v) is 7.06. The highest BCUT2D eigenvalue weighted by atomic mass is 79.9. The number of halogens is 1. The van der Waals surface area contributed by atoms with Gasteiger partial charge in [0, 0.05) is 18.0 Å². The number of hydrogen-bond acceptors (Lipinski definition) is 5. The lowest BCUT2D eigenvalue weighted by atomic mass is 10.0. The molecule has 112 valence electrons. The van der Waals surface area contributed by atoms with Gasteiger partial charge in [-0.1, -0.05) is 0 Å². The number of carbonyl (C=O) groups is 1. The molecule has 5 nitrogen and oxygen atoms in total. The predicted molar refractivity (Wildman–Crippen MR) is 80.0 cm³/mol. The summed E-state index contributed by atoms with van der Waals surface area (Å²) < 4.78 is 16.0. The lowest BCUT2D eigenvalue weighted by molar-refractivity contribution is -0.140. The molecule has 1 atom stereocenters. The third kappa shape index (κ3) is 4.38. The monoisotopic (exact) mass is 345 g/mol. The Morgan fingerprint density at radius 1 is 1.25 bits per heavy atom. The Morgan fingerprint density at radius 2 is 1.90 bits per heavy atom. The van der Waals surface area contributed by atoms with E-state index in [4.69, 9.17) is 15.2 Å². The van der Waals surface area contributed by atoms with E-state index >= 15 is 0 Å². The molecule has 6 heteroatoms. The van der Waals surface area contributed by atoms with Gasteiger partial charge in [-0.15, -0.1) is 0 Å². The van der Waals surface area contributed by atoms with Crippen LogP contribution in [0, 0.1) is 0 Å². The molecule has 0 radical (unpaired) electrons. The Bertz CT molecular complexity index is 465. The molecule has 0 saturated carbocycles. The molecule has 0 aliphatic rings. The van der Waals surface area contributed by atoms with Crippen molar-refractivity contribution >= 4 is 21.9 Å². The summed E-state index contributed by atoms with van der Waals surface area (Å²) in [6.45, 7) is 0. The first-order chi connectivity index (χ1) is 9.53. The number of ether oxygens (including phenoxy) is 3. The summed E-state index contributed by atoms with van der Waals surface area (Å²) >= 11 is 3.41. The molecule has 0 spiro atoms. The average molecular weight is 346 g/mol. The van der Waals surface area contributed by atoms with Crippen LogP contribution in [0.4, 0.5) is 0 Å². The molecule has 1 aromatic carbocycles. The number of methoxy groups -OCH3 is 3. The van der Waals surface area contributed by atoms with Gasteiger partial charge in [-0.05, 0) is 40.9 Å². The largest absolute Gasteiger partial charge is 0.496 e. The van der Waals surface area contributed by atoms with E-state index < -0.39 is 0 Å². The Labute approximate surface area is 127 Å². The zero-order valence-corrected chi connectivity index (χ0v) is 13.5. The smallest absolute Gasteiger partial charge is 0.305 e. The van der Waals surface area contributed by atoms with Gasteiger partial charge in [0.1, 0.15) is 11.5 Å². The number of benzene rings is 1. The van der Waals surface area contributed by atoms with Gasteiger partial charge < -0.3 is 19.9 Å². The molecule has 0 saturated heterocycles. The van der Waals surface area contributed by atoms with Crippen molar-refractivity contribution in [1.29, 1.82) is 0 Å². The minimum atomic E-state index is -0.225. The van der Waals surface area contributed by atoms with Gasteiger partial charge in [0.25, 0.3) is 0 Å². The molecule has 0 aliphatic heterocycles. The highest BCUT2D eigenvalue weighted by Gasteiger charge is 2.16. The third-order valence-corrected chi connectivity index (χ3v) is 3.65. The summed E-state index contributed by atoms with van der Waals surface area (Å²) in [6.07, 6.45) is 1.69. The van der Waals surface area contributed by atoms with Crippen molar-refractivity contribution in [2.45, 2.75) is 25.3 Å². The SMILES string of the molecule is COC(=O)CCCC(N)c1cc(OC)c(Br)cc1OC. The van der Waals surface area contributed by atoms with Gasteiger partial charge >= 0.3 is 5.97 Å². The summed E-state index contributed by atoms with van der Waals surface area (Å²) in [7, 11) is 4.57. The molecule has 0 fully saturated rings. The van der Waals surface area contributed by atoms with Crippen LogP contribution >= 0.6 is 15.9 Å². The van der Waals surface area contributed by atoms with E-state index in [1.54, 1.807) is 14.2 Å². The molecule has 1 unspecified atom stereocenters. The Morgan fingerprint density at radius 3 is 2.45 bits per heavy atom. The maximum absolute atomic E-state index is 11.1.